The van der Waals surface area contributed by atoms with Gasteiger partial charge in [0.05, 0.1) is 7.11 Å². The lowest BCUT2D eigenvalue weighted by molar-refractivity contribution is 0.0606. The van der Waals surface area contributed by atoms with Crippen molar-refractivity contribution < 1.29 is 14.6 Å². The van der Waals surface area contributed by atoms with E-state index >= 15 is 0 Å². The first kappa shape index (κ1) is 12.2. The third kappa shape index (κ3) is 3.33. The molecule has 0 spiro atoms. The maximum atomic E-state index is 11.2. The fourth-order valence-corrected chi connectivity index (χ4v) is 2.00. The van der Waals surface area contributed by atoms with Gasteiger partial charge in [-0.15, -0.1) is 0 Å². The molecule has 0 saturated heterocycles. The van der Waals surface area contributed by atoms with Crippen molar-refractivity contribution in [2.45, 2.75) is 6.42 Å². The van der Waals surface area contributed by atoms with Gasteiger partial charge in [-0.2, -0.15) is 0 Å². The Hall–Kier alpha value is -0.850. The van der Waals surface area contributed by atoms with Crippen LogP contribution in [-0.4, -0.2) is 36.3 Å². The fraction of sp³-hybridized carbons (Fsp3) is 0.500. The standard InChI is InChI=1S/C8H11ClN2O3S/c1-14-7(13)5-6(9)11-8(15-5)10-3-2-4-12/h12H,2-4H2,1H3,(H,10,11). The molecule has 0 aliphatic carbocycles. The van der Waals surface area contributed by atoms with Crippen molar-refractivity contribution in [1.82, 2.24) is 4.98 Å². The molecule has 0 atom stereocenters. The van der Waals surface area contributed by atoms with Gasteiger partial charge in [-0.25, -0.2) is 9.78 Å². The van der Waals surface area contributed by atoms with Crippen LogP contribution >= 0.6 is 22.9 Å². The maximum Gasteiger partial charge on any atom is 0.351 e. The second-order valence-corrected chi connectivity index (χ2v) is 3.99. The Morgan fingerprint density at radius 2 is 2.47 bits per heavy atom. The third-order valence-corrected chi connectivity index (χ3v) is 2.95. The number of nitrogens with one attached hydrogen (secondary N) is 1. The van der Waals surface area contributed by atoms with E-state index in [0.717, 1.165) is 11.3 Å². The molecule has 1 heterocycles. The van der Waals surface area contributed by atoms with Crippen LogP contribution in [-0.2, 0) is 4.74 Å². The van der Waals surface area contributed by atoms with Crippen LogP contribution in [0.15, 0.2) is 0 Å². The Balaban J connectivity index is 2.64. The summed E-state index contributed by atoms with van der Waals surface area (Å²) in [5.74, 6) is -0.493. The van der Waals surface area contributed by atoms with Crippen molar-refractivity contribution in [3.63, 3.8) is 0 Å². The summed E-state index contributed by atoms with van der Waals surface area (Å²) in [6.45, 7) is 0.691. The van der Waals surface area contributed by atoms with E-state index in [1.807, 2.05) is 0 Å². The van der Waals surface area contributed by atoms with Gasteiger partial charge in [0, 0.05) is 13.2 Å². The molecular formula is C8H11ClN2O3S. The van der Waals surface area contributed by atoms with E-state index in [2.05, 4.69) is 15.0 Å². The van der Waals surface area contributed by atoms with Crippen molar-refractivity contribution in [2.75, 3.05) is 25.6 Å². The topological polar surface area (TPSA) is 71.5 Å². The summed E-state index contributed by atoms with van der Waals surface area (Å²) in [7, 11) is 1.29. The zero-order chi connectivity index (χ0) is 11.3. The van der Waals surface area contributed by atoms with E-state index in [1.54, 1.807) is 0 Å². The second kappa shape index (κ2) is 5.89. The lowest BCUT2D eigenvalue weighted by atomic mass is 10.5. The predicted octanol–water partition coefficient (Wildman–Crippen LogP) is 1.38. The molecule has 15 heavy (non-hydrogen) atoms. The highest BCUT2D eigenvalue weighted by Gasteiger charge is 2.16. The number of ether oxygens (including phenoxy) is 1. The van der Waals surface area contributed by atoms with Crippen molar-refractivity contribution in [2.24, 2.45) is 0 Å². The number of halogens is 1. The molecule has 1 rings (SSSR count). The summed E-state index contributed by atoms with van der Waals surface area (Å²) in [6.07, 6.45) is 0.616. The lowest BCUT2D eigenvalue weighted by Crippen LogP contribution is -2.02. The minimum atomic E-state index is -0.493. The molecule has 0 aromatic carbocycles. The number of anilines is 1. The highest BCUT2D eigenvalue weighted by molar-refractivity contribution is 7.18. The molecule has 7 heteroatoms. The first-order valence-corrected chi connectivity index (χ1v) is 5.48. The molecule has 0 saturated carbocycles. The van der Waals surface area contributed by atoms with Crippen molar-refractivity contribution in [3.05, 3.63) is 10.0 Å². The third-order valence-electron chi connectivity index (χ3n) is 1.57. The molecule has 0 amide bonds. The predicted molar refractivity (Wildman–Crippen MR) is 58.7 cm³/mol. The first-order chi connectivity index (χ1) is 7.19. The van der Waals surface area contributed by atoms with Gasteiger partial charge in [0.2, 0.25) is 0 Å². The molecule has 84 valence electrons. The monoisotopic (exact) mass is 250 g/mol. The molecular weight excluding hydrogens is 240 g/mol. The number of carbonyl (C=O) groups is 1. The number of rotatable bonds is 5. The number of esters is 1. The Morgan fingerprint density at radius 1 is 1.73 bits per heavy atom. The number of aliphatic hydroxyl groups excluding tert-OH is 1. The first-order valence-electron chi connectivity index (χ1n) is 4.28. The van der Waals surface area contributed by atoms with Crippen molar-refractivity contribution in [3.8, 4) is 0 Å². The van der Waals surface area contributed by atoms with Crippen LogP contribution in [0.4, 0.5) is 5.13 Å². The largest absolute Gasteiger partial charge is 0.465 e. The molecule has 0 bridgehead atoms. The van der Waals surface area contributed by atoms with Crippen LogP contribution in [0.25, 0.3) is 0 Å². The molecule has 0 unspecified atom stereocenters. The zero-order valence-electron chi connectivity index (χ0n) is 8.12. The van der Waals surface area contributed by atoms with Gasteiger partial charge in [0.25, 0.3) is 0 Å². The molecule has 5 nitrogen and oxygen atoms in total. The van der Waals surface area contributed by atoms with E-state index in [-0.39, 0.29) is 16.6 Å². The number of carbonyl (C=O) groups excluding carboxylic acids is 1. The number of methoxy groups -OCH3 is 1. The van der Waals surface area contributed by atoms with E-state index in [4.69, 9.17) is 16.7 Å². The summed E-state index contributed by atoms with van der Waals surface area (Å²) in [4.78, 5) is 15.4. The van der Waals surface area contributed by atoms with Crippen LogP contribution in [0.5, 0.6) is 0 Å². The molecule has 1 aromatic heterocycles. The Kier molecular flexibility index (Phi) is 4.80. The normalized spacial score (nSPS) is 10.1. The SMILES string of the molecule is COC(=O)c1sc(NCCCO)nc1Cl. The number of aromatic nitrogens is 1. The molecule has 0 radical (unpaired) electrons. The second-order valence-electron chi connectivity index (χ2n) is 2.63. The number of hydrogen-bond donors (Lipinski definition) is 2. The Bertz CT molecular complexity index is 343. The van der Waals surface area contributed by atoms with Crippen molar-refractivity contribution >= 4 is 34.0 Å². The van der Waals surface area contributed by atoms with Gasteiger partial charge in [-0.3, -0.25) is 0 Å². The molecule has 0 aliphatic heterocycles. The Morgan fingerprint density at radius 3 is 3.07 bits per heavy atom. The molecule has 0 fully saturated rings. The van der Waals surface area contributed by atoms with Crippen LogP contribution in [0.2, 0.25) is 5.15 Å². The molecule has 1 aromatic rings. The summed E-state index contributed by atoms with van der Waals surface area (Å²) >= 11 is 6.87. The van der Waals surface area contributed by atoms with Gasteiger partial charge in [0.1, 0.15) is 0 Å². The van der Waals surface area contributed by atoms with Crippen LogP contribution in [0.1, 0.15) is 16.1 Å². The van der Waals surface area contributed by atoms with Gasteiger partial charge in [-0.05, 0) is 6.42 Å². The summed E-state index contributed by atoms with van der Waals surface area (Å²) in [6, 6.07) is 0. The number of thiazole rings is 1. The quantitative estimate of drug-likeness (QED) is 0.610. The van der Waals surface area contributed by atoms with Gasteiger partial charge < -0.3 is 15.2 Å². The van der Waals surface area contributed by atoms with Crippen LogP contribution in [0.3, 0.4) is 0 Å². The molecule has 2 N–H and O–H groups in total. The van der Waals surface area contributed by atoms with Crippen LogP contribution in [0, 0.1) is 0 Å². The summed E-state index contributed by atoms with van der Waals surface area (Å²) in [5, 5.41) is 12.2. The highest BCUT2D eigenvalue weighted by atomic mass is 35.5. The van der Waals surface area contributed by atoms with E-state index in [9.17, 15) is 4.79 Å². The van der Waals surface area contributed by atoms with Crippen LogP contribution < -0.4 is 5.32 Å². The van der Waals surface area contributed by atoms with E-state index in [0.29, 0.717) is 18.1 Å². The maximum absolute atomic E-state index is 11.2. The summed E-state index contributed by atoms with van der Waals surface area (Å²) in [5.41, 5.74) is 0. The highest BCUT2D eigenvalue weighted by Crippen LogP contribution is 2.27. The zero-order valence-corrected chi connectivity index (χ0v) is 9.69. The number of hydrogen-bond acceptors (Lipinski definition) is 6. The smallest absolute Gasteiger partial charge is 0.351 e. The summed E-state index contributed by atoms with van der Waals surface area (Å²) < 4.78 is 4.54. The number of nitrogens with zero attached hydrogens (tertiary/aromatic N) is 1. The van der Waals surface area contributed by atoms with Crippen molar-refractivity contribution in [1.29, 1.82) is 0 Å². The fourth-order valence-electron chi connectivity index (χ4n) is 0.870. The van der Waals surface area contributed by atoms with E-state index < -0.39 is 5.97 Å². The average Bonchev–Trinajstić information content (AvgIpc) is 2.59. The minimum absolute atomic E-state index is 0.107. The Labute approximate surface area is 96.0 Å². The average molecular weight is 251 g/mol. The minimum Gasteiger partial charge on any atom is -0.465 e. The van der Waals surface area contributed by atoms with Gasteiger partial charge in [0.15, 0.2) is 15.2 Å². The molecule has 0 aliphatic rings. The van der Waals surface area contributed by atoms with Gasteiger partial charge >= 0.3 is 5.97 Å². The lowest BCUT2D eigenvalue weighted by Gasteiger charge is -1.98. The van der Waals surface area contributed by atoms with Gasteiger partial charge in [-0.1, -0.05) is 22.9 Å². The number of aliphatic hydroxyl groups is 1. The van der Waals surface area contributed by atoms with E-state index in [1.165, 1.54) is 7.11 Å².